The fourth-order valence-corrected chi connectivity index (χ4v) is 4.37. The van der Waals surface area contributed by atoms with Crippen molar-refractivity contribution in [2.75, 3.05) is 23.4 Å². The Kier molecular flexibility index (Phi) is 6.19. The highest BCUT2D eigenvalue weighted by Crippen LogP contribution is 2.31. The van der Waals surface area contributed by atoms with E-state index in [1.807, 2.05) is 0 Å². The van der Waals surface area contributed by atoms with Gasteiger partial charge in [-0.1, -0.05) is 6.07 Å². The third-order valence-corrected chi connectivity index (χ3v) is 7.21. The number of rotatable bonds is 6. The van der Waals surface area contributed by atoms with Crippen LogP contribution in [0.15, 0.2) is 35.2 Å². The van der Waals surface area contributed by atoms with Gasteiger partial charge >= 0.3 is 0 Å². The molecule has 0 saturated carbocycles. The van der Waals surface area contributed by atoms with E-state index in [0.29, 0.717) is 17.0 Å². The van der Waals surface area contributed by atoms with Crippen LogP contribution in [0, 0.1) is 27.7 Å². The molecule has 0 aromatic heterocycles. The fraction of sp³-hybridized carbons (Fsp3) is 0.350. The third kappa shape index (κ3) is 4.48. The van der Waals surface area contributed by atoms with Crippen LogP contribution in [0.4, 0.5) is 5.69 Å². The van der Waals surface area contributed by atoms with Crippen molar-refractivity contribution in [3.05, 3.63) is 58.1 Å². The molecule has 2 aromatic carbocycles. The predicted octanol–water partition coefficient (Wildman–Crippen LogP) is 4.29. The Morgan fingerprint density at radius 2 is 1.50 bits per heavy atom. The summed E-state index contributed by atoms with van der Waals surface area (Å²) in [6, 6.07) is 8.86. The number of anilines is 1. The van der Waals surface area contributed by atoms with Gasteiger partial charge in [0.05, 0.1) is 17.7 Å². The number of carbonyl (C=O) groups is 1. The van der Waals surface area contributed by atoms with Gasteiger partial charge in [0.1, 0.15) is 0 Å². The number of carbonyl (C=O) groups excluding carboxylic acids is 1. The summed E-state index contributed by atoms with van der Waals surface area (Å²) in [6.45, 7) is 8.35. The second kappa shape index (κ2) is 7.84. The molecule has 0 fully saturated rings. The number of Topliss-reactive ketones (excluding diaryl/α,β-unsaturated/α-hetero) is 1. The lowest BCUT2D eigenvalue weighted by atomic mass is 10.0. The highest BCUT2D eigenvalue weighted by Gasteiger charge is 2.15. The van der Waals surface area contributed by atoms with Crippen molar-refractivity contribution in [3.8, 4) is 0 Å². The average Bonchev–Trinajstić information content (AvgIpc) is 2.58. The number of sulfonamides is 1. The quantitative estimate of drug-likeness (QED) is 0.544. The van der Waals surface area contributed by atoms with Crippen LogP contribution in [0.25, 0.3) is 0 Å². The Labute approximate surface area is 160 Å². The molecule has 140 valence electrons. The smallest absolute Gasteiger partial charge is 0.231 e. The molecule has 2 rings (SSSR count). The van der Waals surface area contributed by atoms with Gasteiger partial charge in [0.25, 0.3) is 0 Å². The summed E-state index contributed by atoms with van der Waals surface area (Å²) in [5.41, 5.74) is 6.03. The molecule has 0 bridgehead atoms. The lowest BCUT2D eigenvalue weighted by Crippen LogP contribution is -2.24. The summed E-state index contributed by atoms with van der Waals surface area (Å²) in [5, 5.41) is 0. The number of thioether (sulfide) groups is 1. The molecule has 0 aliphatic heterocycles. The van der Waals surface area contributed by atoms with Crippen molar-refractivity contribution in [1.82, 2.24) is 0 Å². The standard InChI is InChI=1S/C20H25NO3S2/c1-13-11-14(2)16(4)20(15(13)3)25-12-19(22)17-7-9-18(10-8-17)21(5)26(6,23)24/h7-11H,12H2,1-6H3. The molecule has 0 spiro atoms. The van der Waals surface area contributed by atoms with E-state index < -0.39 is 10.0 Å². The topological polar surface area (TPSA) is 54.5 Å². The van der Waals surface area contributed by atoms with E-state index in [4.69, 9.17) is 0 Å². The van der Waals surface area contributed by atoms with Crippen molar-refractivity contribution in [2.45, 2.75) is 32.6 Å². The molecule has 4 nitrogen and oxygen atoms in total. The molecule has 0 atom stereocenters. The fourth-order valence-electron chi connectivity index (χ4n) is 2.67. The Balaban J connectivity index is 2.15. The van der Waals surface area contributed by atoms with Crippen LogP contribution in [0.2, 0.25) is 0 Å². The van der Waals surface area contributed by atoms with Gasteiger partial charge in [-0.3, -0.25) is 9.10 Å². The highest BCUT2D eigenvalue weighted by molar-refractivity contribution is 8.00. The monoisotopic (exact) mass is 391 g/mol. The number of aryl methyl sites for hydroxylation is 2. The zero-order valence-corrected chi connectivity index (χ0v) is 17.7. The van der Waals surface area contributed by atoms with Gasteiger partial charge in [0, 0.05) is 17.5 Å². The molecule has 0 radical (unpaired) electrons. The van der Waals surface area contributed by atoms with E-state index in [2.05, 4.69) is 33.8 Å². The highest BCUT2D eigenvalue weighted by atomic mass is 32.2. The zero-order chi connectivity index (χ0) is 19.6. The number of hydrogen-bond acceptors (Lipinski definition) is 4. The Hall–Kier alpha value is -1.79. The van der Waals surface area contributed by atoms with Crippen LogP contribution in [0.3, 0.4) is 0 Å². The first-order valence-electron chi connectivity index (χ1n) is 8.29. The Morgan fingerprint density at radius 1 is 1.00 bits per heavy atom. The van der Waals surface area contributed by atoms with Crippen LogP contribution in [-0.2, 0) is 10.0 Å². The van der Waals surface area contributed by atoms with Crippen LogP contribution < -0.4 is 4.31 Å². The SMILES string of the molecule is Cc1cc(C)c(C)c(SCC(=O)c2ccc(N(C)S(C)(=O)=O)cc2)c1C. The van der Waals surface area contributed by atoms with E-state index in [9.17, 15) is 13.2 Å². The Bertz CT molecular complexity index is 906. The molecular formula is C20H25NO3S2. The van der Waals surface area contributed by atoms with Gasteiger partial charge in [0.2, 0.25) is 10.0 Å². The van der Waals surface area contributed by atoms with Crippen molar-refractivity contribution < 1.29 is 13.2 Å². The Morgan fingerprint density at radius 3 is 1.96 bits per heavy atom. The first-order chi connectivity index (χ1) is 12.0. The van der Waals surface area contributed by atoms with Gasteiger partial charge in [-0.05, 0) is 74.2 Å². The molecule has 0 amide bonds. The predicted molar refractivity (Wildman–Crippen MR) is 110 cm³/mol. The van der Waals surface area contributed by atoms with E-state index in [1.54, 1.807) is 36.0 Å². The normalized spacial score (nSPS) is 11.5. The maximum atomic E-state index is 12.5. The van der Waals surface area contributed by atoms with E-state index in [0.717, 1.165) is 6.26 Å². The molecule has 0 aliphatic rings. The second-order valence-electron chi connectivity index (χ2n) is 6.58. The van der Waals surface area contributed by atoms with Gasteiger partial charge in [-0.2, -0.15) is 0 Å². The second-order valence-corrected chi connectivity index (χ2v) is 9.58. The number of hydrogen-bond donors (Lipinski definition) is 0. The molecule has 6 heteroatoms. The van der Waals surface area contributed by atoms with E-state index in [-0.39, 0.29) is 5.78 Å². The van der Waals surface area contributed by atoms with E-state index in [1.165, 1.54) is 38.5 Å². The van der Waals surface area contributed by atoms with E-state index >= 15 is 0 Å². The van der Waals surface area contributed by atoms with Gasteiger partial charge in [-0.15, -0.1) is 11.8 Å². The van der Waals surface area contributed by atoms with Crippen molar-refractivity contribution in [2.24, 2.45) is 0 Å². The lowest BCUT2D eigenvalue weighted by Gasteiger charge is -2.17. The molecule has 0 N–H and O–H groups in total. The minimum Gasteiger partial charge on any atom is -0.293 e. The van der Waals surface area contributed by atoms with Crippen LogP contribution >= 0.6 is 11.8 Å². The minimum absolute atomic E-state index is 0.0292. The van der Waals surface area contributed by atoms with Gasteiger partial charge in [-0.25, -0.2) is 8.42 Å². The molecule has 2 aromatic rings. The molecule has 0 heterocycles. The van der Waals surface area contributed by atoms with Crippen LogP contribution in [0.5, 0.6) is 0 Å². The van der Waals surface area contributed by atoms with Crippen LogP contribution in [0.1, 0.15) is 32.6 Å². The first kappa shape index (κ1) is 20.5. The molecular weight excluding hydrogens is 366 g/mol. The summed E-state index contributed by atoms with van der Waals surface area (Å²) >= 11 is 1.56. The van der Waals surface area contributed by atoms with Gasteiger partial charge in [0.15, 0.2) is 5.78 Å². The molecule has 0 unspecified atom stereocenters. The molecule has 0 aliphatic carbocycles. The number of nitrogens with zero attached hydrogens (tertiary/aromatic N) is 1. The van der Waals surface area contributed by atoms with Crippen molar-refractivity contribution >= 4 is 33.3 Å². The number of ketones is 1. The summed E-state index contributed by atoms with van der Waals surface area (Å²) in [6.07, 6.45) is 1.15. The first-order valence-corrected chi connectivity index (χ1v) is 11.1. The van der Waals surface area contributed by atoms with Crippen molar-refractivity contribution in [3.63, 3.8) is 0 Å². The summed E-state index contributed by atoms with van der Waals surface area (Å²) < 4.78 is 24.4. The zero-order valence-electron chi connectivity index (χ0n) is 16.1. The van der Waals surface area contributed by atoms with Crippen LogP contribution in [-0.4, -0.2) is 33.3 Å². The average molecular weight is 392 g/mol. The van der Waals surface area contributed by atoms with Gasteiger partial charge < -0.3 is 0 Å². The maximum absolute atomic E-state index is 12.5. The molecule has 26 heavy (non-hydrogen) atoms. The maximum Gasteiger partial charge on any atom is 0.231 e. The summed E-state index contributed by atoms with van der Waals surface area (Å²) in [4.78, 5) is 13.7. The summed E-state index contributed by atoms with van der Waals surface area (Å²) in [7, 11) is -1.81. The minimum atomic E-state index is -3.31. The largest absolute Gasteiger partial charge is 0.293 e. The van der Waals surface area contributed by atoms with Crippen molar-refractivity contribution in [1.29, 1.82) is 0 Å². The lowest BCUT2D eigenvalue weighted by molar-refractivity contribution is 0.102. The molecule has 0 saturated heterocycles. The summed E-state index contributed by atoms with van der Waals surface area (Å²) in [5.74, 6) is 0.382. The third-order valence-electron chi connectivity index (χ3n) is 4.70. The number of benzene rings is 2.